The molecule has 0 aliphatic heterocycles. The van der Waals surface area contributed by atoms with Crippen molar-refractivity contribution in [3.05, 3.63) is 49.6 Å². The Bertz CT molecular complexity index is 875. The lowest BCUT2D eigenvalue weighted by molar-refractivity contribution is 0.0699. The van der Waals surface area contributed by atoms with Crippen LogP contribution in [0.15, 0.2) is 34.1 Å². The van der Waals surface area contributed by atoms with Gasteiger partial charge in [0.05, 0.1) is 21.1 Å². The zero-order valence-corrected chi connectivity index (χ0v) is 14.0. The number of pyridine rings is 1. The minimum absolute atomic E-state index is 0.238. The SMILES string of the molecule is Cc1cc(Br)cc2c(C(=O)O)cc(-c3csc(Cl)c3)nc12. The van der Waals surface area contributed by atoms with Crippen LogP contribution in [0.4, 0.5) is 0 Å². The molecule has 0 spiro atoms. The largest absolute Gasteiger partial charge is 0.478 e. The summed E-state index contributed by atoms with van der Waals surface area (Å²) in [5.74, 6) is -0.970. The summed E-state index contributed by atoms with van der Waals surface area (Å²) in [4.78, 5) is 16.2. The van der Waals surface area contributed by atoms with E-state index < -0.39 is 5.97 Å². The van der Waals surface area contributed by atoms with Crippen LogP contribution in [0, 0.1) is 6.92 Å². The van der Waals surface area contributed by atoms with Gasteiger partial charge in [-0.05, 0) is 36.8 Å². The van der Waals surface area contributed by atoms with E-state index in [0.29, 0.717) is 20.9 Å². The smallest absolute Gasteiger partial charge is 0.336 e. The number of aromatic carboxylic acids is 1. The summed E-state index contributed by atoms with van der Waals surface area (Å²) >= 11 is 10.7. The highest BCUT2D eigenvalue weighted by molar-refractivity contribution is 9.10. The molecule has 3 rings (SSSR count). The average Bonchev–Trinajstić information content (AvgIpc) is 2.84. The van der Waals surface area contributed by atoms with Gasteiger partial charge >= 0.3 is 5.97 Å². The van der Waals surface area contributed by atoms with E-state index in [0.717, 1.165) is 15.6 Å². The molecule has 106 valence electrons. The van der Waals surface area contributed by atoms with E-state index in [2.05, 4.69) is 20.9 Å². The summed E-state index contributed by atoms with van der Waals surface area (Å²) in [5, 5.41) is 12.0. The molecule has 1 N–H and O–H groups in total. The number of fused-ring (bicyclic) bond motifs is 1. The monoisotopic (exact) mass is 381 g/mol. The Morgan fingerprint density at radius 3 is 2.71 bits per heavy atom. The molecule has 0 amide bonds. The molecule has 0 saturated carbocycles. The fraction of sp³-hybridized carbons (Fsp3) is 0.0667. The van der Waals surface area contributed by atoms with Crippen LogP contribution in [0.25, 0.3) is 22.2 Å². The molecule has 0 saturated heterocycles. The van der Waals surface area contributed by atoms with Gasteiger partial charge in [0.1, 0.15) is 0 Å². The molecule has 0 atom stereocenters. The number of carboxylic acid groups (broad SMARTS) is 1. The van der Waals surface area contributed by atoms with Crippen molar-refractivity contribution in [2.45, 2.75) is 6.92 Å². The molecule has 1 aromatic carbocycles. The van der Waals surface area contributed by atoms with E-state index in [4.69, 9.17) is 11.6 Å². The first-order valence-electron chi connectivity index (χ1n) is 6.04. The Hall–Kier alpha value is -1.43. The van der Waals surface area contributed by atoms with Gasteiger partial charge in [-0.3, -0.25) is 0 Å². The zero-order chi connectivity index (χ0) is 15.1. The Labute approximate surface area is 138 Å². The molecule has 2 aromatic heterocycles. The maximum atomic E-state index is 11.6. The van der Waals surface area contributed by atoms with Crippen LogP contribution in [0.3, 0.4) is 0 Å². The van der Waals surface area contributed by atoms with Gasteiger partial charge in [0.2, 0.25) is 0 Å². The fourth-order valence-electron chi connectivity index (χ4n) is 2.23. The van der Waals surface area contributed by atoms with Crippen LogP contribution in [0.1, 0.15) is 15.9 Å². The molecule has 0 radical (unpaired) electrons. The van der Waals surface area contributed by atoms with Gasteiger partial charge in [-0.2, -0.15) is 0 Å². The molecule has 0 fully saturated rings. The lowest BCUT2D eigenvalue weighted by Crippen LogP contribution is -2.01. The highest BCUT2D eigenvalue weighted by Gasteiger charge is 2.15. The molecule has 0 aliphatic rings. The highest BCUT2D eigenvalue weighted by atomic mass is 79.9. The first-order valence-corrected chi connectivity index (χ1v) is 8.09. The van der Waals surface area contributed by atoms with Gasteiger partial charge in [-0.15, -0.1) is 11.3 Å². The summed E-state index contributed by atoms with van der Waals surface area (Å²) in [7, 11) is 0. The van der Waals surface area contributed by atoms with Crippen LogP contribution in [-0.4, -0.2) is 16.1 Å². The lowest BCUT2D eigenvalue weighted by Gasteiger charge is -2.09. The Morgan fingerprint density at radius 1 is 1.33 bits per heavy atom. The van der Waals surface area contributed by atoms with Crippen molar-refractivity contribution < 1.29 is 9.90 Å². The number of aromatic nitrogens is 1. The van der Waals surface area contributed by atoms with Crippen LogP contribution in [0.5, 0.6) is 0 Å². The third kappa shape index (κ3) is 2.69. The number of hydrogen-bond donors (Lipinski definition) is 1. The Balaban J connectivity index is 2.37. The summed E-state index contributed by atoms with van der Waals surface area (Å²) in [5.41, 5.74) is 3.30. The van der Waals surface area contributed by atoms with E-state index in [1.54, 1.807) is 18.2 Å². The second-order valence-corrected chi connectivity index (χ2v) is 7.08. The summed E-state index contributed by atoms with van der Waals surface area (Å²) in [6, 6.07) is 7.09. The number of nitrogens with zero attached hydrogens (tertiary/aromatic N) is 1. The van der Waals surface area contributed by atoms with Crippen LogP contribution in [0.2, 0.25) is 4.34 Å². The molecule has 0 unspecified atom stereocenters. The molecule has 3 nitrogen and oxygen atoms in total. The van der Waals surface area contributed by atoms with E-state index in [9.17, 15) is 9.90 Å². The third-order valence-corrected chi connectivity index (χ3v) is 4.71. The maximum Gasteiger partial charge on any atom is 0.336 e. The lowest BCUT2D eigenvalue weighted by atomic mass is 10.0. The Kier molecular flexibility index (Phi) is 3.73. The molecule has 0 aliphatic carbocycles. The first-order chi connectivity index (χ1) is 9.95. The topological polar surface area (TPSA) is 50.2 Å². The van der Waals surface area contributed by atoms with Crippen molar-refractivity contribution >= 4 is 55.7 Å². The van der Waals surface area contributed by atoms with Crippen LogP contribution >= 0.6 is 38.9 Å². The molecular weight excluding hydrogens is 374 g/mol. The minimum Gasteiger partial charge on any atom is -0.478 e. The highest BCUT2D eigenvalue weighted by Crippen LogP contribution is 2.32. The predicted molar refractivity (Wildman–Crippen MR) is 89.5 cm³/mol. The van der Waals surface area contributed by atoms with Crippen molar-refractivity contribution in [2.75, 3.05) is 0 Å². The number of benzene rings is 1. The van der Waals surface area contributed by atoms with Crippen LogP contribution < -0.4 is 0 Å². The van der Waals surface area contributed by atoms with E-state index in [-0.39, 0.29) is 5.56 Å². The predicted octanol–water partition coefficient (Wildman–Crippen LogP) is 5.39. The molecular formula is C15H9BrClNO2S. The number of carboxylic acids is 1. The Morgan fingerprint density at radius 2 is 2.10 bits per heavy atom. The molecule has 21 heavy (non-hydrogen) atoms. The van der Waals surface area contributed by atoms with Gasteiger partial charge in [0.25, 0.3) is 0 Å². The fourth-order valence-corrected chi connectivity index (χ4v) is 3.67. The zero-order valence-electron chi connectivity index (χ0n) is 10.9. The molecule has 3 aromatic rings. The maximum absolute atomic E-state index is 11.6. The number of hydrogen-bond acceptors (Lipinski definition) is 3. The second-order valence-electron chi connectivity index (χ2n) is 4.62. The standard InChI is InChI=1S/C15H9BrClNO2S/c1-7-2-9(16)4-10-11(15(19)20)5-12(18-14(7)10)8-3-13(17)21-6-8/h2-6H,1H3,(H,19,20). The quantitative estimate of drug-likeness (QED) is 0.647. The minimum atomic E-state index is -0.970. The van der Waals surface area contributed by atoms with E-state index >= 15 is 0 Å². The summed E-state index contributed by atoms with van der Waals surface area (Å²) < 4.78 is 1.49. The number of halogens is 2. The van der Waals surface area contributed by atoms with E-state index in [1.807, 2.05) is 18.4 Å². The van der Waals surface area contributed by atoms with Gasteiger partial charge < -0.3 is 5.11 Å². The number of carbonyl (C=O) groups is 1. The third-order valence-electron chi connectivity index (χ3n) is 3.16. The number of rotatable bonds is 2. The number of thiophene rings is 1. The molecule has 2 heterocycles. The number of aryl methyl sites for hydroxylation is 1. The van der Waals surface area contributed by atoms with Crippen molar-refractivity contribution in [2.24, 2.45) is 0 Å². The van der Waals surface area contributed by atoms with Crippen molar-refractivity contribution in [3.8, 4) is 11.3 Å². The summed E-state index contributed by atoms with van der Waals surface area (Å²) in [6.07, 6.45) is 0. The second kappa shape index (κ2) is 5.40. The molecule has 0 bridgehead atoms. The van der Waals surface area contributed by atoms with Crippen LogP contribution in [-0.2, 0) is 0 Å². The normalized spacial score (nSPS) is 11.0. The van der Waals surface area contributed by atoms with Gasteiger partial charge in [0, 0.05) is 20.8 Å². The van der Waals surface area contributed by atoms with Gasteiger partial charge in [-0.1, -0.05) is 27.5 Å². The first kappa shape index (κ1) is 14.5. The van der Waals surface area contributed by atoms with Crippen molar-refractivity contribution in [1.29, 1.82) is 0 Å². The average molecular weight is 383 g/mol. The molecule has 6 heteroatoms. The van der Waals surface area contributed by atoms with Gasteiger partial charge in [-0.25, -0.2) is 9.78 Å². The van der Waals surface area contributed by atoms with Crippen molar-refractivity contribution in [3.63, 3.8) is 0 Å². The van der Waals surface area contributed by atoms with Crippen molar-refractivity contribution in [1.82, 2.24) is 4.98 Å². The van der Waals surface area contributed by atoms with E-state index in [1.165, 1.54) is 11.3 Å². The van der Waals surface area contributed by atoms with Gasteiger partial charge in [0.15, 0.2) is 0 Å². The summed E-state index contributed by atoms with van der Waals surface area (Å²) in [6.45, 7) is 1.91.